The molecule has 0 aliphatic rings. The number of anilines is 1. The summed E-state index contributed by atoms with van der Waals surface area (Å²) >= 11 is 0. The molecule has 2 aromatic carbocycles. The Morgan fingerprint density at radius 2 is 1.81 bits per heavy atom. The van der Waals surface area contributed by atoms with Crippen LogP contribution < -0.4 is 15.8 Å². The van der Waals surface area contributed by atoms with Crippen LogP contribution in [0.1, 0.15) is 45.2 Å². The van der Waals surface area contributed by atoms with Gasteiger partial charge in [0.2, 0.25) is 0 Å². The molecule has 0 saturated heterocycles. The lowest BCUT2D eigenvalue weighted by Gasteiger charge is -2.10. The van der Waals surface area contributed by atoms with E-state index in [1.165, 1.54) is 5.56 Å². The van der Waals surface area contributed by atoms with E-state index in [4.69, 9.17) is 9.15 Å². The summed E-state index contributed by atoms with van der Waals surface area (Å²) in [5, 5.41) is 2.76. The van der Waals surface area contributed by atoms with Crippen molar-refractivity contribution in [1.82, 2.24) is 4.57 Å². The van der Waals surface area contributed by atoms with Crippen molar-refractivity contribution in [2.24, 2.45) is 0 Å². The summed E-state index contributed by atoms with van der Waals surface area (Å²) in [5.41, 5.74) is 2.91. The Morgan fingerprint density at radius 3 is 2.44 bits per heavy atom. The van der Waals surface area contributed by atoms with Gasteiger partial charge in [0.05, 0.1) is 5.52 Å². The number of nitrogens with zero attached hydrogens (tertiary/aromatic N) is 1. The summed E-state index contributed by atoms with van der Waals surface area (Å²) in [6, 6.07) is 12.9. The van der Waals surface area contributed by atoms with Gasteiger partial charge < -0.3 is 14.5 Å². The topological polar surface area (TPSA) is 73.5 Å². The first-order valence-electron chi connectivity index (χ1n) is 9.03. The Hall–Kier alpha value is -3.02. The van der Waals surface area contributed by atoms with E-state index in [1.807, 2.05) is 38.1 Å². The van der Waals surface area contributed by atoms with Crippen molar-refractivity contribution < 1.29 is 13.9 Å². The van der Waals surface area contributed by atoms with Crippen LogP contribution in [-0.2, 0) is 4.79 Å². The number of fused-ring (bicyclic) bond motifs is 1. The zero-order chi connectivity index (χ0) is 19.6. The van der Waals surface area contributed by atoms with Crippen LogP contribution in [0.25, 0.3) is 11.1 Å². The van der Waals surface area contributed by atoms with Gasteiger partial charge >= 0.3 is 5.76 Å². The molecule has 6 nitrogen and oxygen atoms in total. The SMILES string of the molecule is CC(C)c1ccc(OCC(=O)Nc2ccc3c(c2)oc(=O)n3C(C)C)cc1. The van der Waals surface area contributed by atoms with E-state index < -0.39 is 5.76 Å². The molecule has 142 valence electrons. The van der Waals surface area contributed by atoms with E-state index in [-0.39, 0.29) is 18.6 Å². The van der Waals surface area contributed by atoms with Crippen molar-refractivity contribution in [3.05, 3.63) is 58.6 Å². The molecule has 0 fully saturated rings. The van der Waals surface area contributed by atoms with Crippen LogP contribution in [0.3, 0.4) is 0 Å². The van der Waals surface area contributed by atoms with Gasteiger partial charge in [-0.2, -0.15) is 0 Å². The van der Waals surface area contributed by atoms with Crippen LogP contribution in [0.2, 0.25) is 0 Å². The zero-order valence-electron chi connectivity index (χ0n) is 16.0. The van der Waals surface area contributed by atoms with Crippen molar-refractivity contribution in [2.45, 2.75) is 39.7 Å². The second kappa shape index (κ2) is 7.70. The molecular formula is C21H24N2O4. The second-order valence-electron chi connectivity index (χ2n) is 7.07. The Morgan fingerprint density at radius 1 is 1.11 bits per heavy atom. The van der Waals surface area contributed by atoms with Gasteiger partial charge in [0.25, 0.3) is 5.91 Å². The third-order valence-corrected chi connectivity index (χ3v) is 4.33. The van der Waals surface area contributed by atoms with Gasteiger partial charge in [-0.15, -0.1) is 0 Å². The van der Waals surface area contributed by atoms with Gasteiger partial charge in [0, 0.05) is 17.8 Å². The summed E-state index contributed by atoms with van der Waals surface area (Å²) in [5.74, 6) is 0.400. The monoisotopic (exact) mass is 368 g/mol. The molecule has 0 saturated carbocycles. The largest absolute Gasteiger partial charge is 0.484 e. The Balaban J connectivity index is 1.64. The number of nitrogens with one attached hydrogen (secondary N) is 1. The lowest BCUT2D eigenvalue weighted by molar-refractivity contribution is -0.118. The van der Waals surface area contributed by atoms with Gasteiger partial charge in [-0.1, -0.05) is 26.0 Å². The molecule has 1 amide bonds. The maximum absolute atomic E-state index is 12.1. The lowest BCUT2D eigenvalue weighted by atomic mass is 10.0. The maximum Gasteiger partial charge on any atom is 0.420 e. The number of aromatic nitrogens is 1. The molecule has 0 radical (unpaired) electrons. The normalized spacial score (nSPS) is 11.3. The van der Waals surface area contributed by atoms with Crippen molar-refractivity contribution in [3.8, 4) is 5.75 Å². The smallest absolute Gasteiger partial charge is 0.420 e. The van der Waals surface area contributed by atoms with Gasteiger partial charge in [0.15, 0.2) is 12.2 Å². The van der Waals surface area contributed by atoms with Crippen LogP contribution in [0.15, 0.2) is 51.7 Å². The summed E-state index contributed by atoms with van der Waals surface area (Å²) in [4.78, 5) is 24.1. The van der Waals surface area contributed by atoms with E-state index in [2.05, 4.69) is 19.2 Å². The standard InChI is InChI=1S/C21H24N2O4/c1-13(2)15-5-8-17(9-6-15)26-12-20(24)22-16-7-10-18-19(11-16)27-21(25)23(18)14(3)4/h5-11,13-14H,12H2,1-4H3,(H,22,24). The molecule has 0 unspecified atom stereocenters. The summed E-state index contributed by atoms with van der Waals surface area (Å²) in [6.07, 6.45) is 0. The minimum absolute atomic E-state index is 0.00493. The van der Waals surface area contributed by atoms with Crippen molar-refractivity contribution in [3.63, 3.8) is 0 Å². The number of oxazole rings is 1. The molecule has 0 atom stereocenters. The fourth-order valence-corrected chi connectivity index (χ4v) is 2.90. The molecule has 0 spiro atoms. The molecule has 27 heavy (non-hydrogen) atoms. The number of hydrogen-bond acceptors (Lipinski definition) is 4. The highest BCUT2D eigenvalue weighted by molar-refractivity contribution is 5.93. The van der Waals surface area contributed by atoms with Crippen molar-refractivity contribution in [2.75, 3.05) is 11.9 Å². The third kappa shape index (κ3) is 4.22. The molecular weight excluding hydrogens is 344 g/mol. The molecule has 1 N–H and O–H groups in total. The number of carbonyl (C=O) groups is 1. The molecule has 0 aliphatic heterocycles. The number of carbonyl (C=O) groups excluding carboxylic acids is 1. The quantitative estimate of drug-likeness (QED) is 0.703. The fourth-order valence-electron chi connectivity index (χ4n) is 2.90. The molecule has 6 heteroatoms. The minimum atomic E-state index is -0.406. The van der Waals surface area contributed by atoms with E-state index in [1.54, 1.807) is 22.8 Å². The highest BCUT2D eigenvalue weighted by Gasteiger charge is 2.13. The number of amides is 1. The number of ether oxygens (including phenoxy) is 1. The summed E-state index contributed by atoms with van der Waals surface area (Å²) < 4.78 is 12.4. The molecule has 3 aromatic rings. The van der Waals surface area contributed by atoms with E-state index >= 15 is 0 Å². The molecule has 1 aromatic heterocycles. The van der Waals surface area contributed by atoms with Gasteiger partial charge in [-0.05, 0) is 49.6 Å². The molecule has 3 rings (SSSR count). The second-order valence-corrected chi connectivity index (χ2v) is 7.07. The number of rotatable bonds is 6. The Bertz CT molecular complexity index is 997. The van der Waals surface area contributed by atoms with E-state index in [0.29, 0.717) is 28.5 Å². The first-order chi connectivity index (χ1) is 12.8. The van der Waals surface area contributed by atoms with Crippen LogP contribution >= 0.6 is 0 Å². The first-order valence-corrected chi connectivity index (χ1v) is 9.03. The average Bonchev–Trinajstić information content (AvgIpc) is 2.95. The van der Waals surface area contributed by atoms with Gasteiger partial charge in [0.1, 0.15) is 5.75 Å². The molecule has 1 heterocycles. The lowest BCUT2D eigenvalue weighted by Crippen LogP contribution is -2.20. The van der Waals surface area contributed by atoms with Gasteiger partial charge in [-0.25, -0.2) is 4.79 Å². The zero-order valence-corrected chi connectivity index (χ0v) is 16.0. The van der Waals surface area contributed by atoms with Gasteiger partial charge in [-0.3, -0.25) is 9.36 Å². The van der Waals surface area contributed by atoms with E-state index in [0.717, 1.165) is 0 Å². The Labute approximate surface area is 157 Å². The van der Waals surface area contributed by atoms with Crippen LogP contribution in [0.4, 0.5) is 5.69 Å². The van der Waals surface area contributed by atoms with Crippen LogP contribution in [-0.4, -0.2) is 17.1 Å². The van der Waals surface area contributed by atoms with Crippen molar-refractivity contribution >= 4 is 22.7 Å². The molecule has 0 bridgehead atoms. The summed E-state index contributed by atoms with van der Waals surface area (Å²) in [7, 11) is 0. The maximum atomic E-state index is 12.1. The number of benzene rings is 2. The summed E-state index contributed by atoms with van der Waals surface area (Å²) in [6.45, 7) is 7.97. The average molecular weight is 368 g/mol. The highest BCUT2D eigenvalue weighted by atomic mass is 16.5. The Kier molecular flexibility index (Phi) is 5.35. The third-order valence-electron chi connectivity index (χ3n) is 4.33. The molecule has 0 aliphatic carbocycles. The first kappa shape index (κ1) is 18.8. The van der Waals surface area contributed by atoms with Crippen molar-refractivity contribution in [1.29, 1.82) is 0 Å². The van der Waals surface area contributed by atoms with E-state index in [9.17, 15) is 9.59 Å². The van der Waals surface area contributed by atoms with Crippen LogP contribution in [0, 0.1) is 0 Å². The number of hydrogen-bond donors (Lipinski definition) is 1. The minimum Gasteiger partial charge on any atom is -0.484 e. The predicted octanol–water partition coefficient (Wildman–Crippen LogP) is 4.32. The predicted molar refractivity (Wildman–Crippen MR) is 106 cm³/mol. The fraction of sp³-hybridized carbons (Fsp3) is 0.333. The van der Waals surface area contributed by atoms with Crippen LogP contribution in [0.5, 0.6) is 5.75 Å². The highest BCUT2D eigenvalue weighted by Crippen LogP contribution is 2.21.